The minimum atomic E-state index is -5.39. The van der Waals surface area contributed by atoms with E-state index in [1.807, 2.05) is 0 Å². The first kappa shape index (κ1) is 7.32. The molecule has 8 heavy (non-hydrogen) atoms. The number of rotatable bonds is 1. The molecule has 0 aliphatic carbocycles. The van der Waals surface area contributed by atoms with Crippen LogP contribution in [0.3, 0.4) is 0 Å². The summed E-state index contributed by atoms with van der Waals surface area (Å²) in [6.45, 7) is 0.704. The molecule has 0 aromatic carbocycles. The summed E-state index contributed by atoms with van der Waals surface area (Å²) in [6.07, 6.45) is 0. The van der Waals surface area contributed by atoms with Crippen LogP contribution < -0.4 is 0 Å². The summed E-state index contributed by atoms with van der Waals surface area (Å²) in [4.78, 5) is 9.53. The third-order valence-electron chi connectivity index (χ3n) is 0.300. The fourth-order valence-electron chi connectivity index (χ4n) is 0.188. The summed E-state index contributed by atoms with van der Waals surface area (Å²) >= 11 is 0. The molecule has 0 aromatic rings. The summed E-state index contributed by atoms with van der Waals surface area (Å²) in [5.41, 5.74) is 0. The zero-order valence-corrected chi connectivity index (χ0v) is 4.03. The van der Waals surface area contributed by atoms with Crippen LogP contribution in [0.2, 0.25) is 0 Å². The number of hydrogen-bond acceptors (Lipinski definition) is 2. The third-order valence-corrected chi connectivity index (χ3v) is 0.300. The lowest BCUT2D eigenvalue weighted by molar-refractivity contribution is -0.135. The van der Waals surface area contributed by atoms with Crippen molar-refractivity contribution in [2.24, 2.45) is 0 Å². The first-order valence-electron chi connectivity index (χ1n) is 1.80. The molecular weight excluding hydrogens is 124 g/mol. The summed E-state index contributed by atoms with van der Waals surface area (Å²) in [7, 11) is -5.39. The zero-order chi connectivity index (χ0) is 6.78. The van der Waals surface area contributed by atoms with Gasteiger partial charge in [-0.15, -0.1) is 0 Å². The van der Waals surface area contributed by atoms with Gasteiger partial charge in [-0.1, -0.05) is 0 Å². The van der Waals surface area contributed by atoms with Gasteiger partial charge in [-0.05, 0) is 0 Å². The van der Waals surface area contributed by atoms with Crippen LogP contribution in [0.1, 0.15) is 6.92 Å². The first-order chi connectivity index (χ1) is 3.42. The molecule has 6 heteroatoms. The van der Waals surface area contributed by atoms with Crippen molar-refractivity contribution in [2.75, 3.05) is 0 Å². The lowest BCUT2D eigenvalue weighted by Crippen LogP contribution is -2.23. The Bertz CT molecular complexity index is 97.9. The van der Waals surface area contributed by atoms with E-state index < -0.39 is 13.1 Å². The molecule has 0 aliphatic rings. The SMILES string of the molecule is CC(=O)O[B-](F)(F)F. The summed E-state index contributed by atoms with van der Waals surface area (Å²) < 4.78 is 35.6. The minimum Gasteiger partial charge on any atom is -0.609 e. The lowest BCUT2D eigenvalue weighted by atomic mass is 10.3. The van der Waals surface area contributed by atoms with Crippen molar-refractivity contribution in [3.8, 4) is 0 Å². The van der Waals surface area contributed by atoms with Crippen LogP contribution >= 0.6 is 0 Å². The molecule has 0 unspecified atom stereocenters. The Balaban J connectivity index is 3.55. The monoisotopic (exact) mass is 127 g/mol. The van der Waals surface area contributed by atoms with Crippen molar-refractivity contribution in [2.45, 2.75) is 6.92 Å². The minimum absolute atomic E-state index is 0.704. The Morgan fingerprint density at radius 1 is 1.50 bits per heavy atom. The molecule has 0 amide bonds. The van der Waals surface area contributed by atoms with E-state index in [9.17, 15) is 17.7 Å². The summed E-state index contributed by atoms with van der Waals surface area (Å²) in [6, 6.07) is 0. The largest absolute Gasteiger partial charge is 0.701 e. The molecule has 0 atom stereocenters. The number of hydrogen-bond donors (Lipinski definition) is 0. The van der Waals surface area contributed by atoms with Crippen LogP contribution in [0.25, 0.3) is 0 Å². The molecule has 0 fully saturated rings. The molecule has 0 N–H and O–H groups in total. The van der Waals surface area contributed by atoms with Gasteiger partial charge in [0.2, 0.25) is 0 Å². The van der Waals surface area contributed by atoms with Gasteiger partial charge >= 0.3 is 7.18 Å². The van der Waals surface area contributed by atoms with Crippen molar-refractivity contribution in [3.05, 3.63) is 0 Å². The topological polar surface area (TPSA) is 26.3 Å². The van der Waals surface area contributed by atoms with E-state index in [1.54, 1.807) is 0 Å². The van der Waals surface area contributed by atoms with Crippen molar-refractivity contribution in [3.63, 3.8) is 0 Å². The predicted octanol–water partition coefficient (Wildman–Crippen LogP) is 0.894. The quantitative estimate of drug-likeness (QED) is 0.489. The average Bonchev–Trinajstić information content (AvgIpc) is 1.21. The molecular formula is C2H3BF3O2-. The zero-order valence-electron chi connectivity index (χ0n) is 4.03. The third kappa shape index (κ3) is 5.32. The number of halogens is 3. The van der Waals surface area contributed by atoms with E-state index in [0.29, 0.717) is 6.92 Å². The molecule has 0 bridgehead atoms. The molecule has 2 nitrogen and oxygen atoms in total. The van der Waals surface area contributed by atoms with Crippen LogP contribution in [0.4, 0.5) is 12.9 Å². The molecule has 0 radical (unpaired) electrons. The fourth-order valence-corrected chi connectivity index (χ4v) is 0.188. The predicted molar refractivity (Wildman–Crippen MR) is 20.8 cm³/mol. The Kier molecular flexibility index (Phi) is 1.89. The molecule has 0 saturated heterocycles. The van der Waals surface area contributed by atoms with Gasteiger partial charge in [0.15, 0.2) is 0 Å². The molecule has 0 spiro atoms. The Labute approximate surface area is 43.7 Å². The first-order valence-corrected chi connectivity index (χ1v) is 1.80. The second kappa shape index (κ2) is 2.06. The van der Waals surface area contributed by atoms with E-state index in [2.05, 4.69) is 4.65 Å². The maximum Gasteiger partial charge on any atom is 0.701 e. The molecule has 48 valence electrons. The van der Waals surface area contributed by atoms with E-state index in [4.69, 9.17) is 0 Å². The van der Waals surface area contributed by atoms with Gasteiger partial charge in [-0.2, -0.15) is 0 Å². The standard InChI is InChI=1S/C2H3BF3O2/c1-2(7)8-3(4,5)6/h1H3/q-1. The Morgan fingerprint density at radius 2 is 1.88 bits per heavy atom. The molecule has 0 heterocycles. The summed E-state index contributed by atoms with van der Waals surface area (Å²) in [5.74, 6) is -1.32. The highest BCUT2D eigenvalue weighted by Gasteiger charge is 2.28. The van der Waals surface area contributed by atoms with E-state index in [1.165, 1.54) is 0 Å². The van der Waals surface area contributed by atoms with Crippen molar-refractivity contribution in [1.29, 1.82) is 0 Å². The van der Waals surface area contributed by atoms with Crippen LogP contribution in [0.15, 0.2) is 0 Å². The van der Waals surface area contributed by atoms with Crippen molar-refractivity contribution < 1.29 is 22.4 Å². The van der Waals surface area contributed by atoms with Crippen molar-refractivity contribution >= 4 is 13.1 Å². The smallest absolute Gasteiger partial charge is 0.609 e. The Morgan fingerprint density at radius 3 is 1.88 bits per heavy atom. The van der Waals surface area contributed by atoms with E-state index >= 15 is 0 Å². The van der Waals surface area contributed by atoms with Gasteiger partial charge in [-0.3, -0.25) is 4.79 Å². The molecule has 0 aromatic heterocycles. The lowest BCUT2D eigenvalue weighted by Gasteiger charge is -2.13. The van der Waals surface area contributed by atoms with Crippen LogP contribution in [0.5, 0.6) is 0 Å². The van der Waals surface area contributed by atoms with Crippen LogP contribution in [-0.4, -0.2) is 13.1 Å². The highest BCUT2D eigenvalue weighted by molar-refractivity contribution is 6.53. The van der Waals surface area contributed by atoms with Gasteiger partial charge in [0.25, 0.3) is 5.97 Å². The molecule has 0 saturated carbocycles. The number of carbonyl (C=O) groups is 1. The van der Waals surface area contributed by atoms with E-state index in [-0.39, 0.29) is 0 Å². The maximum atomic E-state index is 10.9. The van der Waals surface area contributed by atoms with Gasteiger partial charge in [-0.25, -0.2) is 0 Å². The second-order valence-electron chi connectivity index (χ2n) is 1.12. The summed E-state index contributed by atoms with van der Waals surface area (Å²) in [5, 5.41) is 0. The second-order valence-corrected chi connectivity index (χ2v) is 1.12. The van der Waals surface area contributed by atoms with Gasteiger partial charge in [0, 0.05) is 6.92 Å². The Hall–Kier alpha value is -0.675. The van der Waals surface area contributed by atoms with Gasteiger partial charge in [0.1, 0.15) is 0 Å². The highest BCUT2D eigenvalue weighted by Crippen LogP contribution is 2.08. The van der Waals surface area contributed by atoms with Crippen LogP contribution in [-0.2, 0) is 9.45 Å². The average molecular weight is 127 g/mol. The van der Waals surface area contributed by atoms with E-state index in [0.717, 1.165) is 0 Å². The molecule has 0 aliphatic heterocycles. The van der Waals surface area contributed by atoms with Crippen LogP contribution in [0, 0.1) is 0 Å². The van der Waals surface area contributed by atoms with Gasteiger partial charge in [0.05, 0.1) is 0 Å². The van der Waals surface area contributed by atoms with Gasteiger partial charge < -0.3 is 17.6 Å². The number of carbonyl (C=O) groups excluding carboxylic acids is 1. The molecule has 0 rings (SSSR count). The van der Waals surface area contributed by atoms with Crippen molar-refractivity contribution in [1.82, 2.24) is 0 Å². The maximum absolute atomic E-state index is 10.9. The normalized spacial score (nSPS) is 11.0. The fraction of sp³-hybridized carbons (Fsp3) is 0.500. The highest BCUT2D eigenvalue weighted by atomic mass is 19.4.